The molecular formula is C17H18INS. The Labute approximate surface area is 137 Å². The summed E-state index contributed by atoms with van der Waals surface area (Å²) in [5.41, 5.74) is 4.67. The number of hydrogen-bond acceptors (Lipinski definition) is 2. The Hall–Kier alpha value is -0.390. The van der Waals surface area contributed by atoms with Gasteiger partial charge in [0.25, 0.3) is 0 Å². The van der Waals surface area contributed by atoms with Crippen LogP contribution in [0.4, 0.5) is 0 Å². The maximum Gasteiger partial charge on any atom is 0.0659 e. The molecule has 1 heterocycles. The van der Waals surface area contributed by atoms with Crippen molar-refractivity contribution in [1.82, 2.24) is 5.32 Å². The van der Waals surface area contributed by atoms with E-state index in [1.165, 1.54) is 35.0 Å². The average molecular weight is 395 g/mol. The molecule has 0 aliphatic heterocycles. The van der Waals surface area contributed by atoms with Crippen LogP contribution in [-0.4, -0.2) is 6.04 Å². The number of fused-ring (bicyclic) bond motifs is 2. The van der Waals surface area contributed by atoms with E-state index in [2.05, 4.69) is 58.2 Å². The van der Waals surface area contributed by atoms with Crippen LogP contribution in [0.15, 0.2) is 30.3 Å². The third kappa shape index (κ3) is 2.44. The zero-order valence-corrected chi connectivity index (χ0v) is 14.3. The van der Waals surface area contributed by atoms with E-state index < -0.39 is 0 Å². The topological polar surface area (TPSA) is 12.0 Å². The highest BCUT2D eigenvalue weighted by Gasteiger charge is 2.27. The minimum absolute atomic E-state index is 0.581. The minimum Gasteiger partial charge on any atom is -0.306 e. The van der Waals surface area contributed by atoms with Crippen LogP contribution in [0, 0.1) is 2.88 Å². The average Bonchev–Trinajstić information content (AvgIpc) is 3.01. The lowest BCUT2D eigenvalue weighted by Crippen LogP contribution is -2.34. The molecule has 3 heteroatoms. The molecule has 2 aromatic rings. The first-order valence-corrected chi connectivity index (χ1v) is 9.30. The van der Waals surface area contributed by atoms with E-state index in [0.717, 1.165) is 0 Å². The molecule has 0 radical (unpaired) electrons. The molecule has 1 atom stereocenters. The van der Waals surface area contributed by atoms with E-state index >= 15 is 0 Å². The number of hydrogen-bond donors (Lipinski definition) is 1. The molecule has 4 rings (SSSR count). The lowest BCUT2D eigenvalue weighted by Gasteiger charge is -2.27. The smallest absolute Gasteiger partial charge is 0.0659 e. The quantitative estimate of drug-likeness (QED) is 0.740. The Morgan fingerprint density at radius 1 is 1.15 bits per heavy atom. The SMILES string of the molecule is Ic1cc2c(s1)CCCC2NC1Cc2ccccc2C1. The molecule has 1 aromatic heterocycles. The zero-order valence-electron chi connectivity index (χ0n) is 11.4. The van der Waals surface area contributed by atoms with Gasteiger partial charge in [0.2, 0.25) is 0 Å². The van der Waals surface area contributed by atoms with E-state index in [0.29, 0.717) is 12.1 Å². The second-order valence-corrected chi connectivity index (χ2v) is 8.95. The molecule has 1 nitrogen and oxygen atoms in total. The predicted octanol–water partition coefficient (Wildman–Crippen LogP) is 4.49. The lowest BCUT2D eigenvalue weighted by atomic mass is 9.93. The summed E-state index contributed by atoms with van der Waals surface area (Å²) in [5.74, 6) is 0. The number of rotatable bonds is 2. The maximum absolute atomic E-state index is 3.94. The van der Waals surface area contributed by atoms with Gasteiger partial charge < -0.3 is 5.32 Å². The molecule has 0 saturated carbocycles. The predicted molar refractivity (Wildman–Crippen MR) is 93.5 cm³/mol. The van der Waals surface area contributed by atoms with E-state index in [1.807, 2.05) is 11.3 Å². The summed E-state index contributed by atoms with van der Waals surface area (Å²) >= 11 is 4.45. The number of benzene rings is 1. The van der Waals surface area contributed by atoms with Crippen molar-refractivity contribution in [2.24, 2.45) is 0 Å². The van der Waals surface area contributed by atoms with Crippen LogP contribution in [0.3, 0.4) is 0 Å². The Bertz CT molecular complexity index is 609. The van der Waals surface area contributed by atoms with Crippen LogP contribution < -0.4 is 5.32 Å². The van der Waals surface area contributed by atoms with Crippen molar-refractivity contribution >= 4 is 33.9 Å². The standard InChI is InChI=1S/C17H18INS/c18-17-10-14-15(6-3-7-16(14)20-17)19-13-8-11-4-1-2-5-12(11)9-13/h1-2,4-5,10,13,15,19H,3,6-9H2. The minimum atomic E-state index is 0.581. The molecule has 0 saturated heterocycles. The Kier molecular flexibility index (Phi) is 3.60. The van der Waals surface area contributed by atoms with Gasteiger partial charge in [0.1, 0.15) is 0 Å². The summed E-state index contributed by atoms with van der Waals surface area (Å²) in [5, 5.41) is 3.94. The third-order valence-electron chi connectivity index (χ3n) is 4.57. The second-order valence-electron chi connectivity index (χ2n) is 5.91. The number of aryl methyl sites for hydroxylation is 1. The van der Waals surface area contributed by atoms with Crippen molar-refractivity contribution in [3.63, 3.8) is 0 Å². The largest absolute Gasteiger partial charge is 0.306 e. The fourth-order valence-electron chi connectivity index (χ4n) is 3.66. The van der Waals surface area contributed by atoms with Crippen molar-refractivity contribution in [2.75, 3.05) is 0 Å². The molecule has 2 aliphatic rings. The molecule has 2 aliphatic carbocycles. The van der Waals surface area contributed by atoms with Gasteiger partial charge in [0.15, 0.2) is 0 Å². The molecular weight excluding hydrogens is 377 g/mol. The van der Waals surface area contributed by atoms with Crippen LogP contribution in [0.25, 0.3) is 0 Å². The summed E-state index contributed by atoms with van der Waals surface area (Å²) in [6.45, 7) is 0. The monoisotopic (exact) mass is 395 g/mol. The van der Waals surface area contributed by atoms with Crippen molar-refractivity contribution in [1.29, 1.82) is 0 Å². The molecule has 0 amide bonds. The Morgan fingerprint density at radius 3 is 2.65 bits per heavy atom. The van der Waals surface area contributed by atoms with Gasteiger partial charge in [0.05, 0.1) is 2.88 Å². The number of halogens is 1. The van der Waals surface area contributed by atoms with Gasteiger partial charge in [-0.3, -0.25) is 0 Å². The highest BCUT2D eigenvalue weighted by Crippen LogP contribution is 2.37. The first kappa shape index (κ1) is 13.3. The zero-order chi connectivity index (χ0) is 13.5. The van der Waals surface area contributed by atoms with E-state index in [4.69, 9.17) is 0 Å². The Balaban J connectivity index is 1.52. The highest BCUT2D eigenvalue weighted by molar-refractivity contribution is 14.1. The molecule has 20 heavy (non-hydrogen) atoms. The number of nitrogens with one attached hydrogen (secondary N) is 1. The van der Waals surface area contributed by atoms with Gasteiger partial charge in [-0.05, 0) is 77.5 Å². The molecule has 0 spiro atoms. The Morgan fingerprint density at radius 2 is 1.90 bits per heavy atom. The van der Waals surface area contributed by atoms with E-state index in [9.17, 15) is 0 Å². The van der Waals surface area contributed by atoms with Crippen LogP contribution in [0.5, 0.6) is 0 Å². The number of thiophene rings is 1. The fraction of sp³-hybridized carbons (Fsp3) is 0.412. The molecule has 1 unspecified atom stereocenters. The van der Waals surface area contributed by atoms with Gasteiger partial charge in [-0.1, -0.05) is 24.3 Å². The van der Waals surface area contributed by atoms with Crippen LogP contribution in [0.2, 0.25) is 0 Å². The molecule has 0 fully saturated rings. The maximum atomic E-state index is 3.94. The van der Waals surface area contributed by atoms with Crippen molar-refractivity contribution in [3.05, 3.63) is 54.8 Å². The third-order valence-corrected chi connectivity index (χ3v) is 6.54. The van der Waals surface area contributed by atoms with Crippen LogP contribution in [0.1, 0.15) is 40.5 Å². The first-order valence-electron chi connectivity index (χ1n) is 7.40. The van der Waals surface area contributed by atoms with Crippen LogP contribution >= 0.6 is 33.9 Å². The summed E-state index contributed by atoms with van der Waals surface area (Å²) < 4.78 is 1.44. The van der Waals surface area contributed by atoms with Gasteiger partial charge in [0, 0.05) is 17.0 Å². The first-order chi connectivity index (χ1) is 9.79. The van der Waals surface area contributed by atoms with E-state index in [1.54, 1.807) is 21.6 Å². The van der Waals surface area contributed by atoms with Gasteiger partial charge in [-0.15, -0.1) is 11.3 Å². The molecule has 104 valence electrons. The van der Waals surface area contributed by atoms with Crippen molar-refractivity contribution in [2.45, 2.75) is 44.2 Å². The lowest BCUT2D eigenvalue weighted by molar-refractivity contribution is 0.403. The molecule has 0 bridgehead atoms. The van der Waals surface area contributed by atoms with Gasteiger partial charge in [-0.25, -0.2) is 0 Å². The summed E-state index contributed by atoms with van der Waals surface area (Å²) in [7, 11) is 0. The van der Waals surface area contributed by atoms with Crippen LogP contribution in [-0.2, 0) is 19.3 Å². The fourth-order valence-corrected chi connectivity index (χ4v) is 5.78. The summed E-state index contributed by atoms with van der Waals surface area (Å²) in [4.78, 5) is 1.62. The van der Waals surface area contributed by atoms with Gasteiger partial charge >= 0.3 is 0 Å². The van der Waals surface area contributed by atoms with E-state index in [-0.39, 0.29) is 0 Å². The highest BCUT2D eigenvalue weighted by atomic mass is 127. The van der Waals surface area contributed by atoms with Crippen molar-refractivity contribution in [3.8, 4) is 0 Å². The second kappa shape index (κ2) is 5.43. The summed E-state index contributed by atoms with van der Waals surface area (Å²) in [6.07, 6.45) is 6.31. The normalized spacial score (nSPS) is 21.8. The van der Waals surface area contributed by atoms with Crippen molar-refractivity contribution < 1.29 is 0 Å². The summed E-state index contributed by atoms with van der Waals surface area (Å²) in [6, 6.07) is 12.5. The van der Waals surface area contributed by atoms with Gasteiger partial charge in [-0.2, -0.15) is 0 Å². The molecule has 1 N–H and O–H groups in total. The molecule has 1 aromatic carbocycles.